The molecule has 0 fully saturated rings. The van der Waals surface area contributed by atoms with Crippen LogP contribution in [0.2, 0.25) is 5.02 Å². The number of fused-ring (bicyclic) bond motifs is 1. The number of carbonyl (C=O) groups is 1. The van der Waals surface area contributed by atoms with E-state index in [2.05, 4.69) is 27.8 Å². The van der Waals surface area contributed by atoms with Gasteiger partial charge in [0.25, 0.3) is 5.91 Å². The number of hydrogen-bond acceptors (Lipinski definition) is 2. The number of halogens is 3. The maximum Gasteiger partial charge on any atom is 0.263 e. The molecular formula is C12H8BrClFNOS. The van der Waals surface area contributed by atoms with Crippen molar-refractivity contribution in [3.05, 3.63) is 45.0 Å². The summed E-state index contributed by atoms with van der Waals surface area (Å²) < 4.78 is 14.4. The highest BCUT2D eigenvalue weighted by molar-refractivity contribution is 9.11. The molecule has 1 heterocycles. The normalized spacial score (nSPS) is 10.6. The predicted octanol–water partition coefficient (Wildman–Crippen LogP) is 4.33. The van der Waals surface area contributed by atoms with E-state index in [0.29, 0.717) is 31.0 Å². The Balaban J connectivity index is 2.36. The molecule has 2 nitrogen and oxygen atoms in total. The fourth-order valence-electron chi connectivity index (χ4n) is 1.44. The molecule has 0 aliphatic rings. The summed E-state index contributed by atoms with van der Waals surface area (Å²) in [5.41, 5.74) is 0. The van der Waals surface area contributed by atoms with E-state index in [1.165, 1.54) is 23.5 Å². The molecular weight excluding hydrogens is 341 g/mol. The van der Waals surface area contributed by atoms with E-state index < -0.39 is 0 Å². The van der Waals surface area contributed by atoms with Gasteiger partial charge in [0.15, 0.2) is 0 Å². The van der Waals surface area contributed by atoms with E-state index in [-0.39, 0.29) is 11.7 Å². The Bertz CT molecular complexity index is 640. The number of amides is 1. The summed E-state index contributed by atoms with van der Waals surface area (Å²) in [7, 11) is 0. The van der Waals surface area contributed by atoms with E-state index in [0.717, 1.165) is 0 Å². The molecule has 0 saturated heterocycles. The minimum Gasteiger partial charge on any atom is -0.347 e. The van der Waals surface area contributed by atoms with Crippen LogP contribution >= 0.6 is 38.9 Å². The summed E-state index contributed by atoms with van der Waals surface area (Å²) in [6.45, 7) is 3.94. The summed E-state index contributed by atoms with van der Waals surface area (Å²) in [4.78, 5) is 12.3. The van der Waals surface area contributed by atoms with Gasteiger partial charge in [-0.25, -0.2) is 4.39 Å². The first-order chi connectivity index (χ1) is 8.49. The second-order valence-corrected chi connectivity index (χ2v) is 6.14. The van der Waals surface area contributed by atoms with Crippen molar-refractivity contribution in [1.82, 2.24) is 5.32 Å². The third-order valence-corrected chi connectivity index (χ3v) is 4.17. The van der Waals surface area contributed by atoms with Gasteiger partial charge in [0.1, 0.15) is 10.7 Å². The standard InChI is InChI=1S/C12H8BrClFNOS/c1-6(13)5-16-12(17)11-10(14)8-3-2-7(15)4-9(8)18-11/h2-4H,1,5H2,(H,16,17). The molecule has 0 saturated carbocycles. The zero-order valence-corrected chi connectivity index (χ0v) is 12.3. The van der Waals surface area contributed by atoms with Gasteiger partial charge in [0.05, 0.1) is 5.02 Å². The van der Waals surface area contributed by atoms with E-state index >= 15 is 0 Å². The number of rotatable bonds is 3. The smallest absolute Gasteiger partial charge is 0.263 e. The van der Waals surface area contributed by atoms with Crippen LogP contribution in [0.15, 0.2) is 29.3 Å². The van der Waals surface area contributed by atoms with Gasteiger partial charge >= 0.3 is 0 Å². The largest absolute Gasteiger partial charge is 0.347 e. The number of carbonyl (C=O) groups excluding carboxylic acids is 1. The van der Waals surface area contributed by atoms with Crippen molar-refractivity contribution in [2.45, 2.75) is 0 Å². The van der Waals surface area contributed by atoms with Crippen molar-refractivity contribution >= 4 is 54.9 Å². The first-order valence-electron chi connectivity index (χ1n) is 4.98. The number of benzene rings is 1. The highest BCUT2D eigenvalue weighted by Gasteiger charge is 2.17. The quantitative estimate of drug-likeness (QED) is 0.879. The monoisotopic (exact) mass is 347 g/mol. The molecule has 1 aromatic heterocycles. The fourth-order valence-corrected chi connectivity index (χ4v) is 3.04. The minimum atomic E-state index is -0.346. The molecule has 6 heteroatoms. The molecule has 0 aliphatic carbocycles. The van der Waals surface area contributed by atoms with Crippen LogP contribution in [0.1, 0.15) is 9.67 Å². The fraction of sp³-hybridized carbons (Fsp3) is 0.0833. The van der Waals surface area contributed by atoms with Gasteiger partial charge in [0, 0.05) is 21.1 Å². The lowest BCUT2D eigenvalue weighted by molar-refractivity contribution is 0.0962. The lowest BCUT2D eigenvalue weighted by Gasteiger charge is -2.01. The topological polar surface area (TPSA) is 29.1 Å². The molecule has 1 amide bonds. The van der Waals surface area contributed by atoms with Gasteiger partial charge in [-0.05, 0) is 18.2 Å². The van der Waals surface area contributed by atoms with Gasteiger partial charge in [-0.3, -0.25) is 4.79 Å². The molecule has 0 atom stereocenters. The van der Waals surface area contributed by atoms with Crippen LogP contribution in [0.5, 0.6) is 0 Å². The zero-order valence-electron chi connectivity index (χ0n) is 9.10. The van der Waals surface area contributed by atoms with Gasteiger partial charge < -0.3 is 5.32 Å². The maximum atomic E-state index is 13.1. The third kappa shape index (κ3) is 2.74. The van der Waals surface area contributed by atoms with E-state index in [4.69, 9.17) is 11.6 Å². The summed E-state index contributed by atoms with van der Waals surface area (Å²) >= 11 is 10.4. The molecule has 0 spiro atoms. The molecule has 0 unspecified atom stereocenters. The van der Waals surface area contributed by atoms with Crippen molar-refractivity contribution in [2.24, 2.45) is 0 Å². The Morgan fingerprint density at radius 3 is 2.94 bits per heavy atom. The highest BCUT2D eigenvalue weighted by Crippen LogP contribution is 2.35. The Hall–Kier alpha value is -0.910. The summed E-state index contributed by atoms with van der Waals surface area (Å²) in [6, 6.07) is 4.26. The molecule has 1 aromatic carbocycles. The van der Waals surface area contributed by atoms with Crippen LogP contribution in [-0.4, -0.2) is 12.5 Å². The molecule has 2 aromatic rings. The predicted molar refractivity (Wildman–Crippen MR) is 77.2 cm³/mol. The van der Waals surface area contributed by atoms with E-state index in [1.807, 2.05) is 0 Å². The average molecular weight is 349 g/mol. The third-order valence-electron chi connectivity index (χ3n) is 2.24. The van der Waals surface area contributed by atoms with Crippen LogP contribution in [-0.2, 0) is 0 Å². The molecule has 0 aliphatic heterocycles. The molecule has 2 rings (SSSR count). The molecule has 94 valence electrons. The average Bonchev–Trinajstić information content (AvgIpc) is 2.63. The van der Waals surface area contributed by atoms with Crippen LogP contribution in [0, 0.1) is 5.82 Å². The SMILES string of the molecule is C=C(Br)CNC(=O)c1sc2cc(F)ccc2c1Cl. The molecule has 18 heavy (non-hydrogen) atoms. The van der Waals surface area contributed by atoms with Crippen molar-refractivity contribution in [3.63, 3.8) is 0 Å². The summed E-state index contributed by atoms with van der Waals surface area (Å²) in [5, 5.41) is 3.70. The van der Waals surface area contributed by atoms with Crippen LogP contribution < -0.4 is 5.32 Å². The zero-order chi connectivity index (χ0) is 13.3. The maximum absolute atomic E-state index is 13.1. The van der Waals surface area contributed by atoms with E-state index in [1.54, 1.807) is 6.07 Å². The van der Waals surface area contributed by atoms with Crippen molar-refractivity contribution in [3.8, 4) is 0 Å². The van der Waals surface area contributed by atoms with Crippen LogP contribution in [0.25, 0.3) is 10.1 Å². The lowest BCUT2D eigenvalue weighted by atomic mass is 10.2. The Kier molecular flexibility index (Phi) is 4.04. The molecule has 0 bridgehead atoms. The second kappa shape index (κ2) is 5.38. The Labute approximate surface area is 121 Å². The first-order valence-corrected chi connectivity index (χ1v) is 6.97. The van der Waals surface area contributed by atoms with Gasteiger partial charge in [-0.1, -0.05) is 34.1 Å². The number of nitrogens with one attached hydrogen (secondary N) is 1. The Morgan fingerprint density at radius 1 is 1.56 bits per heavy atom. The minimum absolute atomic E-state index is 0.290. The number of hydrogen-bond donors (Lipinski definition) is 1. The van der Waals surface area contributed by atoms with Crippen LogP contribution in [0.3, 0.4) is 0 Å². The first kappa shape index (κ1) is 13.5. The second-order valence-electron chi connectivity index (χ2n) is 3.59. The highest BCUT2D eigenvalue weighted by atomic mass is 79.9. The summed E-state index contributed by atoms with van der Waals surface area (Å²) in [5.74, 6) is -0.636. The van der Waals surface area contributed by atoms with Gasteiger partial charge in [-0.15, -0.1) is 11.3 Å². The summed E-state index contributed by atoms with van der Waals surface area (Å²) in [6.07, 6.45) is 0. The van der Waals surface area contributed by atoms with Crippen molar-refractivity contribution in [1.29, 1.82) is 0 Å². The van der Waals surface area contributed by atoms with Crippen molar-refractivity contribution < 1.29 is 9.18 Å². The number of thiophene rings is 1. The molecule has 1 N–H and O–H groups in total. The lowest BCUT2D eigenvalue weighted by Crippen LogP contribution is -2.23. The Morgan fingerprint density at radius 2 is 2.28 bits per heavy atom. The van der Waals surface area contributed by atoms with Crippen molar-refractivity contribution in [2.75, 3.05) is 6.54 Å². The van der Waals surface area contributed by atoms with Crippen LogP contribution in [0.4, 0.5) is 4.39 Å². The van der Waals surface area contributed by atoms with Gasteiger partial charge in [-0.2, -0.15) is 0 Å². The van der Waals surface area contributed by atoms with E-state index in [9.17, 15) is 9.18 Å². The molecule has 0 radical (unpaired) electrons. The van der Waals surface area contributed by atoms with Gasteiger partial charge in [0.2, 0.25) is 0 Å².